The van der Waals surface area contributed by atoms with Crippen LogP contribution < -0.4 is 19.5 Å². The highest BCUT2D eigenvalue weighted by Crippen LogP contribution is 2.33. The molecule has 1 atom stereocenters. The van der Waals surface area contributed by atoms with Crippen LogP contribution in [0.3, 0.4) is 0 Å². The number of hydrogen-bond acceptors (Lipinski definition) is 6. The monoisotopic (exact) mass is 430 g/mol. The van der Waals surface area contributed by atoms with Crippen LogP contribution in [0.1, 0.15) is 24.2 Å². The van der Waals surface area contributed by atoms with Crippen LogP contribution in [-0.2, 0) is 11.2 Å². The molecule has 0 saturated heterocycles. The first-order chi connectivity index (χ1) is 14.4. The van der Waals surface area contributed by atoms with E-state index in [1.807, 2.05) is 23.6 Å². The van der Waals surface area contributed by atoms with Crippen LogP contribution in [0.4, 0.5) is 4.39 Å². The van der Waals surface area contributed by atoms with Crippen molar-refractivity contribution in [2.45, 2.75) is 19.4 Å². The topological polar surface area (TPSA) is 69.7 Å². The summed E-state index contributed by atoms with van der Waals surface area (Å²) in [5.41, 5.74) is 2.20. The lowest BCUT2D eigenvalue weighted by Crippen LogP contribution is -2.28. The summed E-state index contributed by atoms with van der Waals surface area (Å²) < 4.78 is 29.4. The molecule has 0 spiro atoms. The van der Waals surface area contributed by atoms with E-state index in [4.69, 9.17) is 14.2 Å². The Morgan fingerprint density at radius 3 is 2.43 bits per heavy atom. The number of thiazole rings is 1. The molecule has 3 rings (SSSR count). The van der Waals surface area contributed by atoms with Crippen molar-refractivity contribution in [2.75, 3.05) is 21.3 Å². The number of methoxy groups -OCH3 is 3. The molecule has 0 fully saturated rings. The van der Waals surface area contributed by atoms with Crippen LogP contribution >= 0.6 is 11.3 Å². The summed E-state index contributed by atoms with van der Waals surface area (Å²) >= 11 is 1.45. The van der Waals surface area contributed by atoms with E-state index in [1.165, 1.54) is 24.5 Å². The molecule has 1 aromatic heterocycles. The fourth-order valence-corrected chi connectivity index (χ4v) is 3.80. The first-order valence-electron chi connectivity index (χ1n) is 9.24. The number of amides is 1. The van der Waals surface area contributed by atoms with E-state index in [1.54, 1.807) is 33.3 Å². The Morgan fingerprint density at radius 2 is 1.77 bits per heavy atom. The quantitative estimate of drug-likeness (QED) is 0.574. The van der Waals surface area contributed by atoms with Gasteiger partial charge >= 0.3 is 0 Å². The van der Waals surface area contributed by atoms with Crippen molar-refractivity contribution < 1.29 is 23.4 Å². The third kappa shape index (κ3) is 4.88. The van der Waals surface area contributed by atoms with Gasteiger partial charge in [0, 0.05) is 10.9 Å². The van der Waals surface area contributed by atoms with Gasteiger partial charge in [0.05, 0.1) is 39.5 Å². The number of nitrogens with zero attached hydrogens (tertiary/aromatic N) is 1. The highest BCUT2D eigenvalue weighted by Gasteiger charge is 2.15. The van der Waals surface area contributed by atoms with Crippen LogP contribution in [0.2, 0.25) is 0 Å². The lowest BCUT2D eigenvalue weighted by molar-refractivity contribution is -0.121. The van der Waals surface area contributed by atoms with Crippen LogP contribution in [0.5, 0.6) is 17.2 Å². The minimum Gasteiger partial charge on any atom is -0.494 e. The fourth-order valence-electron chi connectivity index (χ4n) is 2.98. The minimum atomic E-state index is -0.463. The zero-order valence-corrected chi connectivity index (χ0v) is 18.0. The van der Waals surface area contributed by atoms with Crippen molar-refractivity contribution in [1.29, 1.82) is 0 Å². The van der Waals surface area contributed by atoms with Gasteiger partial charge in [0.25, 0.3) is 0 Å². The molecule has 3 aromatic rings. The summed E-state index contributed by atoms with van der Waals surface area (Å²) in [6.07, 6.45) is 0.132. The van der Waals surface area contributed by atoms with E-state index in [-0.39, 0.29) is 24.1 Å². The Balaban J connectivity index is 1.65. The molecule has 30 heavy (non-hydrogen) atoms. The molecule has 1 N–H and O–H groups in total. The number of ether oxygens (including phenoxy) is 3. The molecule has 2 aromatic carbocycles. The molecule has 0 aliphatic rings. The second kappa shape index (κ2) is 9.58. The summed E-state index contributed by atoms with van der Waals surface area (Å²) in [5, 5.41) is 5.51. The molecule has 0 bridgehead atoms. The summed E-state index contributed by atoms with van der Waals surface area (Å²) in [4.78, 5) is 17.0. The van der Waals surface area contributed by atoms with Gasteiger partial charge in [0.1, 0.15) is 5.01 Å². The van der Waals surface area contributed by atoms with Gasteiger partial charge in [-0.15, -0.1) is 11.3 Å². The van der Waals surface area contributed by atoms with E-state index in [0.717, 1.165) is 10.6 Å². The number of carbonyl (C=O) groups excluding carboxylic acids is 1. The van der Waals surface area contributed by atoms with Gasteiger partial charge in [-0.1, -0.05) is 6.07 Å². The van der Waals surface area contributed by atoms with E-state index >= 15 is 0 Å². The van der Waals surface area contributed by atoms with Gasteiger partial charge in [-0.05, 0) is 42.8 Å². The third-order valence-corrected chi connectivity index (χ3v) is 5.52. The smallest absolute Gasteiger partial charge is 0.226 e. The first kappa shape index (κ1) is 21.6. The van der Waals surface area contributed by atoms with Gasteiger partial charge in [-0.2, -0.15) is 0 Å². The Kier molecular flexibility index (Phi) is 6.89. The van der Waals surface area contributed by atoms with Crippen molar-refractivity contribution in [1.82, 2.24) is 10.3 Å². The number of hydrogen-bond donors (Lipinski definition) is 1. The van der Waals surface area contributed by atoms with Crippen LogP contribution in [0, 0.1) is 5.82 Å². The van der Waals surface area contributed by atoms with Crippen molar-refractivity contribution >= 4 is 17.2 Å². The lowest BCUT2D eigenvalue weighted by Gasteiger charge is -2.15. The Bertz CT molecular complexity index is 1040. The van der Waals surface area contributed by atoms with E-state index in [2.05, 4.69) is 10.3 Å². The van der Waals surface area contributed by atoms with Gasteiger partial charge in [0.15, 0.2) is 23.1 Å². The van der Waals surface area contributed by atoms with Crippen molar-refractivity contribution in [3.05, 3.63) is 58.9 Å². The van der Waals surface area contributed by atoms with Crippen molar-refractivity contribution in [3.8, 4) is 27.8 Å². The number of benzene rings is 2. The molecule has 6 nitrogen and oxygen atoms in total. The molecule has 0 saturated carbocycles. The number of halogens is 1. The van der Waals surface area contributed by atoms with Gasteiger partial charge in [-0.25, -0.2) is 9.37 Å². The average Bonchev–Trinajstić information content (AvgIpc) is 3.21. The molecular weight excluding hydrogens is 407 g/mol. The van der Waals surface area contributed by atoms with Gasteiger partial charge in [-0.3, -0.25) is 4.79 Å². The summed E-state index contributed by atoms with van der Waals surface area (Å²) in [5.74, 6) is 0.770. The second-order valence-electron chi connectivity index (χ2n) is 6.57. The molecule has 0 aliphatic carbocycles. The minimum absolute atomic E-state index is 0.132. The SMILES string of the molecule is COc1ccc(C(C)NC(=O)Cc2csc(-c3ccc(OC)c(OC)c3)n2)cc1F. The Morgan fingerprint density at radius 1 is 1.07 bits per heavy atom. The fraction of sp³-hybridized carbons (Fsp3) is 0.273. The molecule has 1 heterocycles. The van der Waals surface area contributed by atoms with Crippen molar-refractivity contribution in [2.24, 2.45) is 0 Å². The zero-order valence-electron chi connectivity index (χ0n) is 17.2. The first-order valence-corrected chi connectivity index (χ1v) is 10.1. The predicted molar refractivity (Wildman–Crippen MR) is 114 cm³/mol. The standard InChI is InChI=1S/C22H23FN2O4S/c1-13(14-5-7-18(27-2)17(23)9-14)24-21(26)11-16-12-30-22(25-16)15-6-8-19(28-3)20(10-15)29-4/h5-10,12-13H,11H2,1-4H3,(H,24,26). The van der Waals surface area contributed by atoms with Crippen LogP contribution in [0.25, 0.3) is 10.6 Å². The maximum Gasteiger partial charge on any atom is 0.226 e. The molecule has 1 unspecified atom stereocenters. The average molecular weight is 431 g/mol. The van der Waals surface area contributed by atoms with Crippen LogP contribution in [0.15, 0.2) is 41.8 Å². The highest BCUT2D eigenvalue weighted by atomic mass is 32.1. The molecule has 8 heteroatoms. The third-order valence-electron chi connectivity index (χ3n) is 4.58. The summed E-state index contributed by atoms with van der Waals surface area (Å²) in [7, 11) is 4.57. The Hall–Kier alpha value is -3.13. The summed E-state index contributed by atoms with van der Waals surface area (Å²) in [6, 6.07) is 9.85. The molecule has 158 valence electrons. The summed E-state index contributed by atoms with van der Waals surface area (Å²) in [6.45, 7) is 1.80. The number of carbonyl (C=O) groups is 1. The maximum atomic E-state index is 13.9. The normalized spacial score (nSPS) is 11.6. The van der Waals surface area contributed by atoms with E-state index in [9.17, 15) is 9.18 Å². The Labute approximate surface area is 178 Å². The number of rotatable bonds is 8. The van der Waals surface area contributed by atoms with Crippen LogP contribution in [-0.4, -0.2) is 32.2 Å². The highest BCUT2D eigenvalue weighted by molar-refractivity contribution is 7.13. The molecule has 0 aliphatic heterocycles. The van der Waals surface area contributed by atoms with E-state index in [0.29, 0.717) is 22.8 Å². The molecular formula is C22H23FN2O4S. The molecule has 0 radical (unpaired) electrons. The second-order valence-corrected chi connectivity index (χ2v) is 7.43. The maximum absolute atomic E-state index is 13.9. The largest absolute Gasteiger partial charge is 0.494 e. The molecule has 1 amide bonds. The lowest BCUT2D eigenvalue weighted by atomic mass is 10.1. The van der Waals surface area contributed by atoms with Crippen molar-refractivity contribution in [3.63, 3.8) is 0 Å². The van der Waals surface area contributed by atoms with E-state index < -0.39 is 5.82 Å². The number of aromatic nitrogens is 1. The van der Waals surface area contributed by atoms with Gasteiger partial charge < -0.3 is 19.5 Å². The predicted octanol–water partition coefficient (Wildman–Crippen LogP) is 4.39. The number of nitrogens with one attached hydrogen (secondary N) is 1. The van der Waals surface area contributed by atoms with Gasteiger partial charge in [0.2, 0.25) is 5.91 Å². The zero-order chi connectivity index (χ0) is 21.7.